The van der Waals surface area contributed by atoms with Crippen molar-refractivity contribution in [1.29, 1.82) is 0 Å². The maximum absolute atomic E-state index is 6.28. The van der Waals surface area contributed by atoms with E-state index in [1.807, 2.05) is 6.07 Å². The molecule has 0 saturated carbocycles. The molecule has 0 atom stereocenters. The van der Waals surface area contributed by atoms with Gasteiger partial charge in [-0.15, -0.1) is 0 Å². The van der Waals surface area contributed by atoms with E-state index in [9.17, 15) is 0 Å². The van der Waals surface area contributed by atoms with Gasteiger partial charge in [0.1, 0.15) is 11.2 Å². The van der Waals surface area contributed by atoms with Gasteiger partial charge in [-0.25, -0.2) is 0 Å². The summed E-state index contributed by atoms with van der Waals surface area (Å²) in [6, 6.07) is 37.3. The SMILES string of the molecule is CC1(C)c2ccccc2-c2ccc(-n3c4ccccc4c4ccc5oc6ccccc6c5c43)cc21. The summed E-state index contributed by atoms with van der Waals surface area (Å²) in [5.41, 5.74) is 10.9. The van der Waals surface area contributed by atoms with Crippen LogP contribution in [0.15, 0.2) is 108 Å². The molecule has 2 heterocycles. The van der Waals surface area contributed by atoms with Crippen LogP contribution >= 0.6 is 0 Å². The molecule has 2 aromatic heterocycles. The molecule has 0 saturated heterocycles. The number of hydrogen-bond acceptors (Lipinski definition) is 1. The van der Waals surface area contributed by atoms with Crippen LogP contribution in [0.1, 0.15) is 25.0 Å². The lowest BCUT2D eigenvalue weighted by Gasteiger charge is -2.22. The molecule has 0 aliphatic heterocycles. The van der Waals surface area contributed by atoms with Crippen molar-refractivity contribution in [3.8, 4) is 16.8 Å². The Morgan fingerprint density at radius 3 is 2.26 bits per heavy atom. The third kappa shape index (κ3) is 2.34. The van der Waals surface area contributed by atoms with Crippen molar-refractivity contribution in [2.24, 2.45) is 0 Å². The van der Waals surface area contributed by atoms with Gasteiger partial charge in [-0.3, -0.25) is 0 Å². The Bertz CT molecular complexity index is 1980. The lowest BCUT2D eigenvalue weighted by Crippen LogP contribution is -2.15. The van der Waals surface area contributed by atoms with E-state index in [1.54, 1.807) is 0 Å². The van der Waals surface area contributed by atoms with E-state index in [1.165, 1.54) is 55.1 Å². The number of aromatic nitrogens is 1. The first-order valence-corrected chi connectivity index (χ1v) is 12.2. The minimum absolute atomic E-state index is 0.0433. The highest BCUT2D eigenvalue weighted by Crippen LogP contribution is 2.49. The standard InChI is InChI=1S/C33H23NO/c1-33(2)26-12-6-3-9-21(26)22-16-15-20(19-27(22)33)34-28-13-7-4-10-23(28)24-17-18-30-31(32(24)34)25-11-5-8-14-29(25)35-30/h3-19H,1-2H3. The second-order valence-electron chi connectivity index (χ2n) is 10.2. The van der Waals surface area contributed by atoms with Crippen LogP contribution in [0.5, 0.6) is 0 Å². The molecule has 166 valence electrons. The number of furan rings is 1. The summed E-state index contributed by atoms with van der Waals surface area (Å²) in [5.74, 6) is 0. The Hall–Kier alpha value is -4.30. The van der Waals surface area contributed by atoms with E-state index in [0.29, 0.717) is 0 Å². The second kappa shape index (κ2) is 6.43. The third-order valence-corrected chi connectivity index (χ3v) is 8.00. The Balaban J connectivity index is 1.53. The van der Waals surface area contributed by atoms with Crippen LogP contribution in [0.3, 0.4) is 0 Å². The zero-order chi connectivity index (χ0) is 23.3. The third-order valence-electron chi connectivity index (χ3n) is 8.00. The molecular formula is C33H23NO. The summed E-state index contributed by atoms with van der Waals surface area (Å²) < 4.78 is 8.72. The second-order valence-corrected chi connectivity index (χ2v) is 10.2. The zero-order valence-corrected chi connectivity index (χ0v) is 19.7. The minimum Gasteiger partial charge on any atom is -0.456 e. The van der Waals surface area contributed by atoms with Crippen molar-refractivity contribution in [2.75, 3.05) is 0 Å². The molecule has 8 rings (SSSR count). The molecule has 1 aliphatic carbocycles. The van der Waals surface area contributed by atoms with Gasteiger partial charge in [-0.05, 0) is 58.7 Å². The minimum atomic E-state index is -0.0433. The van der Waals surface area contributed by atoms with Crippen molar-refractivity contribution < 1.29 is 4.42 Å². The van der Waals surface area contributed by atoms with Gasteiger partial charge < -0.3 is 8.98 Å². The van der Waals surface area contributed by atoms with Gasteiger partial charge in [0.2, 0.25) is 0 Å². The molecule has 0 spiro atoms. The molecule has 2 heteroatoms. The van der Waals surface area contributed by atoms with Gasteiger partial charge in [0, 0.05) is 27.3 Å². The van der Waals surface area contributed by atoms with Gasteiger partial charge in [0.15, 0.2) is 0 Å². The van der Waals surface area contributed by atoms with Crippen molar-refractivity contribution in [1.82, 2.24) is 4.57 Å². The Morgan fingerprint density at radius 1 is 0.600 bits per heavy atom. The van der Waals surface area contributed by atoms with Gasteiger partial charge in [0.05, 0.1) is 16.4 Å². The highest BCUT2D eigenvalue weighted by Gasteiger charge is 2.35. The van der Waals surface area contributed by atoms with Crippen LogP contribution in [0.4, 0.5) is 0 Å². The zero-order valence-electron chi connectivity index (χ0n) is 19.7. The molecule has 1 aliphatic rings. The molecule has 0 unspecified atom stereocenters. The van der Waals surface area contributed by atoms with Crippen LogP contribution in [-0.2, 0) is 5.41 Å². The highest BCUT2D eigenvalue weighted by atomic mass is 16.3. The van der Waals surface area contributed by atoms with E-state index < -0.39 is 0 Å². The fourth-order valence-electron chi connectivity index (χ4n) is 6.36. The largest absolute Gasteiger partial charge is 0.456 e. The number of fused-ring (bicyclic) bond motifs is 10. The molecule has 0 amide bonds. The monoisotopic (exact) mass is 449 g/mol. The first kappa shape index (κ1) is 19.1. The number of nitrogens with zero attached hydrogens (tertiary/aromatic N) is 1. The summed E-state index contributed by atoms with van der Waals surface area (Å²) in [6.45, 7) is 4.68. The van der Waals surface area contributed by atoms with Crippen LogP contribution in [0.2, 0.25) is 0 Å². The maximum Gasteiger partial charge on any atom is 0.137 e. The molecule has 0 bridgehead atoms. The van der Waals surface area contributed by atoms with Crippen molar-refractivity contribution >= 4 is 43.7 Å². The molecule has 7 aromatic rings. The summed E-state index contributed by atoms with van der Waals surface area (Å²) in [5, 5.41) is 4.85. The van der Waals surface area contributed by atoms with E-state index >= 15 is 0 Å². The smallest absolute Gasteiger partial charge is 0.137 e. The quantitative estimate of drug-likeness (QED) is 0.244. The van der Waals surface area contributed by atoms with E-state index in [4.69, 9.17) is 4.42 Å². The molecule has 2 nitrogen and oxygen atoms in total. The predicted molar refractivity (Wildman–Crippen MR) is 146 cm³/mol. The first-order chi connectivity index (χ1) is 17.1. The van der Waals surface area contributed by atoms with Crippen molar-refractivity contribution in [3.63, 3.8) is 0 Å². The lowest BCUT2D eigenvalue weighted by atomic mass is 9.82. The Labute approximate surface area is 203 Å². The van der Waals surface area contributed by atoms with E-state index in [0.717, 1.165) is 16.6 Å². The maximum atomic E-state index is 6.28. The van der Waals surface area contributed by atoms with Crippen LogP contribution in [0, 0.1) is 0 Å². The van der Waals surface area contributed by atoms with Gasteiger partial charge in [-0.2, -0.15) is 0 Å². The molecule has 35 heavy (non-hydrogen) atoms. The molecule has 0 N–H and O–H groups in total. The van der Waals surface area contributed by atoms with Gasteiger partial charge >= 0.3 is 0 Å². The average molecular weight is 450 g/mol. The van der Waals surface area contributed by atoms with E-state index in [2.05, 4.69) is 115 Å². The summed E-state index contributed by atoms with van der Waals surface area (Å²) in [7, 11) is 0. The Kier molecular flexibility index (Phi) is 3.50. The predicted octanol–water partition coefficient (Wildman–Crippen LogP) is 8.99. The van der Waals surface area contributed by atoms with Crippen LogP contribution in [0.25, 0.3) is 60.6 Å². The Morgan fingerprint density at radius 2 is 1.34 bits per heavy atom. The first-order valence-electron chi connectivity index (χ1n) is 12.2. The van der Waals surface area contributed by atoms with Gasteiger partial charge in [-0.1, -0.05) is 80.6 Å². The molecule has 0 fully saturated rings. The van der Waals surface area contributed by atoms with Crippen molar-refractivity contribution in [3.05, 3.63) is 114 Å². The number of rotatable bonds is 1. The summed E-state index contributed by atoms with van der Waals surface area (Å²) in [6.07, 6.45) is 0. The van der Waals surface area contributed by atoms with Crippen molar-refractivity contribution in [2.45, 2.75) is 19.3 Å². The molecular weight excluding hydrogens is 426 g/mol. The normalized spacial score (nSPS) is 14.2. The molecule has 5 aromatic carbocycles. The van der Waals surface area contributed by atoms with Crippen LogP contribution < -0.4 is 0 Å². The number of para-hydroxylation sites is 2. The highest BCUT2D eigenvalue weighted by molar-refractivity contribution is 6.24. The summed E-state index contributed by atoms with van der Waals surface area (Å²) >= 11 is 0. The number of benzene rings is 5. The topological polar surface area (TPSA) is 18.1 Å². The fourth-order valence-corrected chi connectivity index (χ4v) is 6.36. The van der Waals surface area contributed by atoms with E-state index in [-0.39, 0.29) is 5.41 Å². The fraction of sp³-hybridized carbons (Fsp3) is 0.0909. The molecule has 0 radical (unpaired) electrons. The average Bonchev–Trinajstić information content (AvgIpc) is 3.50. The lowest BCUT2D eigenvalue weighted by molar-refractivity contribution is 0.660. The summed E-state index contributed by atoms with van der Waals surface area (Å²) in [4.78, 5) is 0. The van der Waals surface area contributed by atoms with Crippen LogP contribution in [-0.4, -0.2) is 4.57 Å². The number of hydrogen-bond donors (Lipinski definition) is 0. The van der Waals surface area contributed by atoms with Gasteiger partial charge in [0.25, 0.3) is 0 Å².